The van der Waals surface area contributed by atoms with Gasteiger partial charge in [0.15, 0.2) is 0 Å². The number of halogens is 2. The van der Waals surface area contributed by atoms with Gasteiger partial charge in [-0.25, -0.2) is 8.78 Å². The van der Waals surface area contributed by atoms with E-state index < -0.39 is 23.7 Å². The molecule has 96 valence electrons. The molecule has 0 aromatic heterocycles. The molecule has 5 heteroatoms. The fraction of sp³-hybridized carbons (Fsp3) is 0.462. The van der Waals surface area contributed by atoms with Crippen LogP contribution in [0, 0.1) is 5.41 Å². The minimum absolute atomic E-state index is 0.122. The summed E-state index contributed by atoms with van der Waals surface area (Å²) in [4.78, 5) is 11.0. The van der Waals surface area contributed by atoms with E-state index in [0.717, 1.165) is 17.7 Å². The summed E-state index contributed by atoms with van der Waals surface area (Å²) in [6, 6.07) is 5.18. The Morgan fingerprint density at radius 1 is 1.44 bits per heavy atom. The zero-order chi connectivity index (χ0) is 13.0. The van der Waals surface area contributed by atoms with Crippen LogP contribution in [0.5, 0.6) is 5.75 Å². The molecule has 0 spiro atoms. The monoisotopic (exact) mass is 254 g/mol. The molecule has 1 heterocycles. The van der Waals surface area contributed by atoms with Gasteiger partial charge in [-0.05, 0) is 23.6 Å². The molecular formula is C13H12F2O3. The molecule has 1 aromatic carbocycles. The lowest BCUT2D eigenvalue weighted by Gasteiger charge is -2.12. The molecule has 1 atom stereocenters. The van der Waals surface area contributed by atoms with Crippen LogP contribution in [0.25, 0.3) is 0 Å². The molecule has 1 aromatic rings. The van der Waals surface area contributed by atoms with Gasteiger partial charge in [0.05, 0.1) is 6.61 Å². The second-order valence-corrected chi connectivity index (χ2v) is 4.99. The van der Waals surface area contributed by atoms with Crippen LogP contribution in [0.4, 0.5) is 8.78 Å². The Morgan fingerprint density at radius 3 is 2.78 bits per heavy atom. The molecule has 1 saturated carbocycles. The van der Waals surface area contributed by atoms with Gasteiger partial charge in [-0.15, -0.1) is 0 Å². The van der Waals surface area contributed by atoms with Gasteiger partial charge in [-0.1, -0.05) is 12.1 Å². The molecule has 0 radical (unpaired) electrons. The van der Waals surface area contributed by atoms with E-state index >= 15 is 0 Å². The molecule has 1 fully saturated rings. The van der Waals surface area contributed by atoms with Gasteiger partial charge in [0, 0.05) is 12.8 Å². The van der Waals surface area contributed by atoms with Crippen molar-refractivity contribution in [3.05, 3.63) is 29.3 Å². The normalized spacial score (nSPS) is 27.4. The quantitative estimate of drug-likeness (QED) is 0.900. The summed E-state index contributed by atoms with van der Waals surface area (Å²) in [5.41, 5.74) is -0.295. The Morgan fingerprint density at radius 2 is 2.17 bits per heavy atom. The molecule has 3 rings (SSSR count). The van der Waals surface area contributed by atoms with Crippen molar-refractivity contribution in [1.82, 2.24) is 0 Å². The number of alkyl halides is 2. The average Bonchev–Trinajstić information content (AvgIpc) is 2.69. The highest BCUT2D eigenvalue weighted by Crippen LogP contribution is 2.62. The molecule has 3 nitrogen and oxygen atoms in total. The molecule has 1 unspecified atom stereocenters. The number of rotatable bonds is 3. The van der Waals surface area contributed by atoms with Gasteiger partial charge < -0.3 is 9.84 Å². The van der Waals surface area contributed by atoms with E-state index in [4.69, 9.17) is 9.84 Å². The van der Waals surface area contributed by atoms with Crippen molar-refractivity contribution in [2.75, 3.05) is 6.61 Å². The van der Waals surface area contributed by atoms with Crippen LogP contribution >= 0.6 is 0 Å². The van der Waals surface area contributed by atoms with Gasteiger partial charge in [-0.3, -0.25) is 4.79 Å². The van der Waals surface area contributed by atoms with Crippen LogP contribution in [-0.4, -0.2) is 23.6 Å². The summed E-state index contributed by atoms with van der Waals surface area (Å²) >= 11 is 0. The number of hydrogen-bond acceptors (Lipinski definition) is 2. The van der Waals surface area contributed by atoms with E-state index in [1.165, 1.54) is 0 Å². The van der Waals surface area contributed by atoms with E-state index in [1.807, 2.05) is 0 Å². The van der Waals surface area contributed by atoms with Gasteiger partial charge in [0.1, 0.15) is 11.2 Å². The smallest absolute Gasteiger partial charge is 0.316 e. The highest BCUT2D eigenvalue weighted by atomic mass is 19.3. The summed E-state index contributed by atoms with van der Waals surface area (Å²) in [7, 11) is 0. The molecule has 0 bridgehead atoms. The first-order valence-corrected chi connectivity index (χ1v) is 5.80. The van der Waals surface area contributed by atoms with Gasteiger partial charge in [0.2, 0.25) is 0 Å². The fourth-order valence-electron chi connectivity index (χ4n) is 2.53. The second kappa shape index (κ2) is 3.43. The number of fused-ring (bicyclic) bond motifs is 1. The van der Waals surface area contributed by atoms with Crippen LogP contribution in [0.1, 0.15) is 17.5 Å². The number of carboxylic acid groups (broad SMARTS) is 1. The van der Waals surface area contributed by atoms with Crippen molar-refractivity contribution in [3.63, 3.8) is 0 Å². The van der Waals surface area contributed by atoms with Crippen LogP contribution < -0.4 is 4.74 Å². The number of carbonyl (C=O) groups is 1. The molecule has 0 saturated heterocycles. The van der Waals surface area contributed by atoms with Crippen molar-refractivity contribution in [3.8, 4) is 5.75 Å². The predicted octanol–water partition coefficient (Wildman–Crippen LogP) is 2.27. The van der Waals surface area contributed by atoms with Gasteiger partial charge >= 0.3 is 5.97 Å². The Bertz CT molecular complexity index is 527. The number of benzene rings is 1. The summed E-state index contributed by atoms with van der Waals surface area (Å²) in [5, 5.41) is 8.99. The minimum atomic E-state index is -3.09. The van der Waals surface area contributed by atoms with Crippen molar-refractivity contribution in [2.45, 2.75) is 25.2 Å². The predicted molar refractivity (Wildman–Crippen MR) is 59.0 cm³/mol. The lowest BCUT2D eigenvalue weighted by atomic mass is 9.94. The third-order valence-corrected chi connectivity index (χ3v) is 3.77. The first-order chi connectivity index (χ1) is 8.45. The molecule has 2 aliphatic rings. The Kier molecular flexibility index (Phi) is 2.18. The largest absolute Gasteiger partial charge is 0.493 e. The number of hydrogen-bond donors (Lipinski definition) is 1. The summed E-state index contributed by atoms with van der Waals surface area (Å²) in [5.74, 6) is -3.73. The summed E-state index contributed by atoms with van der Waals surface area (Å²) in [6.07, 6.45) is 0.0607. The Balaban J connectivity index is 1.87. The standard InChI is InChI=1S/C13H12F2O3/c14-13(15)7-12(13,11(16)17)6-8-1-2-10-9(5-8)3-4-18-10/h1-2,5H,3-4,6-7H2,(H,16,17). The summed E-state index contributed by atoms with van der Waals surface area (Å²) < 4.78 is 31.8. The molecule has 1 aliphatic carbocycles. The average molecular weight is 254 g/mol. The van der Waals surface area contributed by atoms with Crippen LogP contribution in [0.15, 0.2) is 18.2 Å². The minimum Gasteiger partial charge on any atom is -0.493 e. The third-order valence-electron chi connectivity index (χ3n) is 3.77. The number of aliphatic carboxylic acids is 1. The van der Waals surface area contributed by atoms with Crippen LogP contribution in [0.3, 0.4) is 0 Å². The van der Waals surface area contributed by atoms with Crippen molar-refractivity contribution in [2.24, 2.45) is 5.41 Å². The first kappa shape index (κ1) is 11.4. The van der Waals surface area contributed by atoms with Crippen LogP contribution in [0.2, 0.25) is 0 Å². The highest BCUT2D eigenvalue weighted by Gasteiger charge is 2.76. The lowest BCUT2D eigenvalue weighted by Crippen LogP contribution is -2.25. The van der Waals surface area contributed by atoms with E-state index in [1.54, 1.807) is 18.2 Å². The van der Waals surface area contributed by atoms with Crippen LogP contribution in [-0.2, 0) is 17.6 Å². The zero-order valence-electron chi connectivity index (χ0n) is 9.58. The molecule has 1 aliphatic heterocycles. The van der Waals surface area contributed by atoms with E-state index in [-0.39, 0.29) is 6.42 Å². The van der Waals surface area contributed by atoms with Crippen molar-refractivity contribution < 1.29 is 23.4 Å². The number of ether oxygens (including phenoxy) is 1. The SMILES string of the molecule is O=C(O)C1(Cc2ccc3c(c2)CCO3)CC1(F)F. The number of carboxylic acids is 1. The topological polar surface area (TPSA) is 46.5 Å². The molecular weight excluding hydrogens is 242 g/mol. The van der Waals surface area contributed by atoms with E-state index in [9.17, 15) is 13.6 Å². The van der Waals surface area contributed by atoms with Crippen molar-refractivity contribution >= 4 is 5.97 Å². The maximum atomic E-state index is 13.3. The van der Waals surface area contributed by atoms with Gasteiger partial charge in [-0.2, -0.15) is 0 Å². The third kappa shape index (κ3) is 1.50. The Hall–Kier alpha value is -1.65. The second-order valence-electron chi connectivity index (χ2n) is 4.99. The first-order valence-electron chi connectivity index (χ1n) is 5.80. The van der Waals surface area contributed by atoms with Gasteiger partial charge in [0.25, 0.3) is 5.92 Å². The maximum Gasteiger partial charge on any atom is 0.316 e. The Labute approximate surface area is 102 Å². The molecule has 0 amide bonds. The maximum absolute atomic E-state index is 13.3. The van der Waals surface area contributed by atoms with E-state index in [2.05, 4.69) is 0 Å². The fourth-order valence-corrected chi connectivity index (χ4v) is 2.53. The van der Waals surface area contributed by atoms with E-state index in [0.29, 0.717) is 12.2 Å². The van der Waals surface area contributed by atoms with Crippen molar-refractivity contribution in [1.29, 1.82) is 0 Å². The molecule has 1 N–H and O–H groups in total. The highest BCUT2D eigenvalue weighted by molar-refractivity contribution is 5.81. The molecule has 18 heavy (non-hydrogen) atoms. The zero-order valence-corrected chi connectivity index (χ0v) is 9.58. The summed E-state index contributed by atoms with van der Waals surface area (Å²) in [6.45, 7) is 0.596. The lowest BCUT2D eigenvalue weighted by molar-refractivity contribution is -0.147.